The molecule has 3 nitrogen and oxygen atoms in total. The summed E-state index contributed by atoms with van der Waals surface area (Å²) in [5.41, 5.74) is 3.95. The largest absolute Gasteiger partial charge is 0.494 e. The lowest BCUT2D eigenvalue weighted by Crippen LogP contribution is -1.97. The minimum Gasteiger partial charge on any atom is -0.494 e. The Bertz CT molecular complexity index is 1040. The van der Waals surface area contributed by atoms with Crippen molar-refractivity contribution in [1.29, 1.82) is 0 Å². The van der Waals surface area contributed by atoms with E-state index in [0.29, 0.717) is 0 Å². The van der Waals surface area contributed by atoms with Gasteiger partial charge in [0.1, 0.15) is 11.3 Å². The van der Waals surface area contributed by atoms with Gasteiger partial charge in [0.15, 0.2) is 0 Å². The molecule has 1 heterocycles. The van der Waals surface area contributed by atoms with E-state index in [4.69, 9.17) is 4.74 Å². The van der Waals surface area contributed by atoms with Gasteiger partial charge >= 0.3 is 0 Å². The van der Waals surface area contributed by atoms with Gasteiger partial charge in [-0.25, -0.2) is 4.98 Å². The Hall–Kier alpha value is -3.07. The second kappa shape index (κ2) is 5.85. The van der Waals surface area contributed by atoms with Gasteiger partial charge in [0, 0.05) is 27.8 Å². The van der Waals surface area contributed by atoms with Crippen LogP contribution in [0.4, 0.5) is 11.4 Å². The number of pyridine rings is 1. The van der Waals surface area contributed by atoms with Crippen molar-refractivity contribution in [1.82, 2.24) is 4.98 Å². The van der Waals surface area contributed by atoms with Crippen LogP contribution < -0.4 is 10.1 Å². The predicted octanol–water partition coefficient (Wildman–Crippen LogP) is 5.45. The number of fused-ring (bicyclic) bond motifs is 2. The molecule has 0 saturated carbocycles. The Labute approximate surface area is 140 Å². The topological polar surface area (TPSA) is 34.1 Å². The Morgan fingerprint density at radius 1 is 0.833 bits per heavy atom. The molecule has 4 rings (SSSR count). The fourth-order valence-electron chi connectivity index (χ4n) is 3.10. The van der Waals surface area contributed by atoms with Crippen LogP contribution in [0.2, 0.25) is 0 Å². The van der Waals surface area contributed by atoms with Gasteiger partial charge in [-0.05, 0) is 30.5 Å². The lowest BCUT2D eigenvalue weighted by Gasteiger charge is -2.14. The highest BCUT2D eigenvalue weighted by molar-refractivity contribution is 6.01. The number of rotatable bonds is 3. The highest BCUT2D eigenvalue weighted by Gasteiger charge is 2.09. The van der Waals surface area contributed by atoms with E-state index in [1.54, 1.807) is 7.11 Å². The van der Waals surface area contributed by atoms with Crippen molar-refractivity contribution in [3.05, 3.63) is 72.4 Å². The summed E-state index contributed by atoms with van der Waals surface area (Å²) in [6.07, 6.45) is 0. The van der Waals surface area contributed by atoms with Crippen LogP contribution in [0.15, 0.2) is 66.7 Å². The standard InChI is InChI=1S/C21H18N2O/c1-14-13-19(17-10-6-12-20(24-2)21(17)22-14)23-18-11-5-8-15-7-3-4-9-16(15)18/h3-13H,1-2H3,(H,22,23). The molecule has 0 aliphatic carbocycles. The molecule has 0 saturated heterocycles. The molecule has 4 aromatic rings. The van der Waals surface area contributed by atoms with E-state index in [1.807, 2.05) is 19.1 Å². The van der Waals surface area contributed by atoms with Gasteiger partial charge < -0.3 is 10.1 Å². The predicted molar refractivity (Wildman–Crippen MR) is 100 cm³/mol. The van der Waals surface area contributed by atoms with Crippen LogP contribution in [0.1, 0.15) is 5.69 Å². The van der Waals surface area contributed by atoms with E-state index in [0.717, 1.165) is 33.7 Å². The van der Waals surface area contributed by atoms with Crippen LogP contribution in [0.5, 0.6) is 5.75 Å². The number of hydrogen-bond donors (Lipinski definition) is 1. The summed E-state index contributed by atoms with van der Waals surface area (Å²) >= 11 is 0. The summed E-state index contributed by atoms with van der Waals surface area (Å²) in [5.74, 6) is 0.789. The van der Waals surface area contributed by atoms with Crippen molar-refractivity contribution in [3.63, 3.8) is 0 Å². The summed E-state index contributed by atoms with van der Waals surface area (Å²) in [4.78, 5) is 4.65. The zero-order valence-corrected chi connectivity index (χ0v) is 13.7. The third-order valence-electron chi connectivity index (χ3n) is 4.21. The SMILES string of the molecule is COc1cccc2c(Nc3cccc4ccccc34)cc(C)nc12. The molecule has 1 aromatic heterocycles. The van der Waals surface area contributed by atoms with E-state index in [2.05, 4.69) is 64.9 Å². The summed E-state index contributed by atoms with van der Waals surface area (Å²) in [6.45, 7) is 2.00. The molecule has 3 heteroatoms. The molecule has 0 aliphatic heterocycles. The summed E-state index contributed by atoms with van der Waals surface area (Å²) in [7, 11) is 1.68. The average Bonchev–Trinajstić information content (AvgIpc) is 2.61. The number of benzene rings is 3. The van der Waals surface area contributed by atoms with Gasteiger partial charge in [-0.1, -0.05) is 48.5 Å². The monoisotopic (exact) mass is 314 g/mol. The number of nitrogens with one attached hydrogen (secondary N) is 1. The first-order valence-corrected chi connectivity index (χ1v) is 7.95. The van der Waals surface area contributed by atoms with E-state index in [-0.39, 0.29) is 0 Å². The van der Waals surface area contributed by atoms with Gasteiger partial charge in [0.05, 0.1) is 7.11 Å². The van der Waals surface area contributed by atoms with Crippen molar-refractivity contribution < 1.29 is 4.74 Å². The molecule has 0 fully saturated rings. The molecule has 0 unspecified atom stereocenters. The molecule has 1 N–H and O–H groups in total. The number of para-hydroxylation sites is 1. The van der Waals surface area contributed by atoms with E-state index >= 15 is 0 Å². The maximum atomic E-state index is 5.47. The normalized spacial score (nSPS) is 10.9. The smallest absolute Gasteiger partial charge is 0.145 e. The molecule has 0 radical (unpaired) electrons. The Morgan fingerprint density at radius 2 is 1.58 bits per heavy atom. The van der Waals surface area contributed by atoms with E-state index < -0.39 is 0 Å². The van der Waals surface area contributed by atoms with Gasteiger partial charge in [-0.2, -0.15) is 0 Å². The minimum absolute atomic E-state index is 0.789. The van der Waals surface area contributed by atoms with E-state index in [9.17, 15) is 0 Å². The molecular weight excluding hydrogens is 296 g/mol. The van der Waals surface area contributed by atoms with Gasteiger partial charge in [0.2, 0.25) is 0 Å². The summed E-state index contributed by atoms with van der Waals surface area (Å²) in [5, 5.41) is 7.05. The third-order valence-corrected chi connectivity index (χ3v) is 4.21. The highest BCUT2D eigenvalue weighted by Crippen LogP contribution is 2.33. The van der Waals surface area contributed by atoms with Crippen LogP contribution in [0.3, 0.4) is 0 Å². The van der Waals surface area contributed by atoms with Crippen LogP contribution in [0.25, 0.3) is 21.7 Å². The average molecular weight is 314 g/mol. The Morgan fingerprint density at radius 3 is 2.46 bits per heavy atom. The molecule has 0 atom stereocenters. The number of hydrogen-bond acceptors (Lipinski definition) is 3. The van der Waals surface area contributed by atoms with Crippen LogP contribution in [0, 0.1) is 6.92 Å². The number of aromatic nitrogens is 1. The van der Waals surface area contributed by atoms with Crippen molar-refractivity contribution in [2.24, 2.45) is 0 Å². The van der Waals surface area contributed by atoms with Gasteiger partial charge in [0.25, 0.3) is 0 Å². The molecule has 0 aliphatic rings. The number of anilines is 2. The number of methoxy groups -OCH3 is 1. The lowest BCUT2D eigenvalue weighted by molar-refractivity contribution is 0.419. The van der Waals surface area contributed by atoms with Crippen molar-refractivity contribution >= 4 is 33.1 Å². The second-order valence-electron chi connectivity index (χ2n) is 5.82. The van der Waals surface area contributed by atoms with E-state index in [1.165, 1.54) is 10.8 Å². The zero-order valence-electron chi connectivity index (χ0n) is 13.7. The first kappa shape index (κ1) is 14.5. The molecule has 0 spiro atoms. The molecular formula is C21H18N2O. The van der Waals surface area contributed by atoms with Crippen LogP contribution in [-0.2, 0) is 0 Å². The van der Waals surface area contributed by atoms with Crippen LogP contribution >= 0.6 is 0 Å². The lowest BCUT2D eigenvalue weighted by atomic mass is 10.1. The van der Waals surface area contributed by atoms with Gasteiger partial charge in [-0.15, -0.1) is 0 Å². The molecule has 3 aromatic carbocycles. The minimum atomic E-state index is 0.789. The maximum Gasteiger partial charge on any atom is 0.145 e. The first-order valence-electron chi connectivity index (χ1n) is 7.95. The van der Waals surface area contributed by atoms with Crippen molar-refractivity contribution in [2.45, 2.75) is 6.92 Å². The Kier molecular flexibility index (Phi) is 3.54. The fraction of sp³-hybridized carbons (Fsp3) is 0.0952. The number of ether oxygens (including phenoxy) is 1. The van der Waals surface area contributed by atoms with Crippen LogP contribution in [-0.4, -0.2) is 12.1 Å². The molecule has 0 bridgehead atoms. The maximum absolute atomic E-state index is 5.47. The third kappa shape index (κ3) is 2.44. The molecule has 24 heavy (non-hydrogen) atoms. The highest BCUT2D eigenvalue weighted by atomic mass is 16.5. The summed E-state index contributed by atoms with van der Waals surface area (Å²) < 4.78 is 5.47. The van der Waals surface area contributed by atoms with Gasteiger partial charge in [-0.3, -0.25) is 0 Å². The zero-order chi connectivity index (χ0) is 16.5. The Balaban J connectivity index is 1.90. The molecule has 0 amide bonds. The second-order valence-corrected chi connectivity index (χ2v) is 5.82. The number of nitrogens with zero attached hydrogens (tertiary/aromatic N) is 1. The fourth-order valence-corrected chi connectivity index (χ4v) is 3.10. The first-order chi connectivity index (χ1) is 11.8. The number of aryl methyl sites for hydroxylation is 1. The summed E-state index contributed by atoms with van der Waals surface area (Å²) in [6, 6.07) is 22.7. The molecule has 118 valence electrons. The quantitative estimate of drug-likeness (QED) is 0.546. The van der Waals surface area contributed by atoms with Crippen molar-refractivity contribution in [2.75, 3.05) is 12.4 Å². The van der Waals surface area contributed by atoms with Crippen molar-refractivity contribution in [3.8, 4) is 5.75 Å².